The fraction of sp³-hybridized carbons (Fsp3) is 0.167. The Balaban J connectivity index is 1.69. The van der Waals surface area contributed by atoms with E-state index in [4.69, 9.17) is 4.42 Å². The summed E-state index contributed by atoms with van der Waals surface area (Å²) in [5.41, 5.74) is 0.580. The van der Waals surface area contributed by atoms with E-state index in [0.717, 1.165) is 0 Å². The number of nitrogens with one attached hydrogen (secondary N) is 1. The Labute approximate surface area is 154 Å². The summed E-state index contributed by atoms with van der Waals surface area (Å²) in [5.74, 6) is 1.40. The molecule has 0 radical (unpaired) electrons. The van der Waals surface area contributed by atoms with Gasteiger partial charge in [-0.15, -0.1) is 16.8 Å². The Morgan fingerprint density at radius 2 is 2.15 bits per heavy atom. The number of carbonyl (C=O) groups is 1. The highest BCUT2D eigenvalue weighted by molar-refractivity contribution is 7.99. The molecule has 0 aliphatic rings. The van der Waals surface area contributed by atoms with Gasteiger partial charge in [-0.25, -0.2) is 0 Å². The first-order valence-corrected chi connectivity index (χ1v) is 8.92. The van der Waals surface area contributed by atoms with Crippen molar-refractivity contribution in [3.63, 3.8) is 0 Å². The highest BCUT2D eigenvalue weighted by atomic mass is 32.2. The van der Waals surface area contributed by atoms with Crippen LogP contribution in [0.1, 0.15) is 5.76 Å². The van der Waals surface area contributed by atoms with Crippen LogP contribution in [0.25, 0.3) is 11.4 Å². The molecular weight excluding hydrogens is 352 g/mol. The first-order valence-electron chi connectivity index (χ1n) is 7.93. The molecule has 0 spiro atoms. The van der Waals surface area contributed by atoms with Gasteiger partial charge < -0.3 is 14.8 Å². The number of nitrogens with zero attached hydrogens (tertiary/aromatic N) is 3. The van der Waals surface area contributed by atoms with Gasteiger partial charge in [0.15, 0.2) is 11.0 Å². The maximum Gasteiger partial charge on any atom is 0.230 e. The predicted molar refractivity (Wildman–Crippen MR) is 98.6 cm³/mol. The van der Waals surface area contributed by atoms with Gasteiger partial charge in [0.25, 0.3) is 0 Å². The van der Waals surface area contributed by atoms with E-state index in [-0.39, 0.29) is 17.4 Å². The van der Waals surface area contributed by atoms with Crippen LogP contribution < -0.4 is 5.32 Å². The summed E-state index contributed by atoms with van der Waals surface area (Å²) in [6.45, 7) is 4.56. The molecule has 0 saturated heterocycles. The fourth-order valence-corrected chi connectivity index (χ4v) is 3.11. The number of benzene rings is 1. The molecule has 0 aliphatic heterocycles. The standard InChI is InChI=1S/C18H18N4O3S/c1-2-9-22-17(14-7-3-4-8-15(14)23)20-21-18(22)26-12-16(24)19-11-13-6-5-10-25-13/h2-8,10,23H,1,9,11-12H2,(H,19,24). The lowest BCUT2D eigenvalue weighted by Gasteiger charge is -2.09. The van der Waals surface area contributed by atoms with Crippen molar-refractivity contribution in [3.05, 3.63) is 61.1 Å². The number of aromatic nitrogens is 3. The number of amides is 1. The zero-order valence-electron chi connectivity index (χ0n) is 14.0. The third-order valence-electron chi connectivity index (χ3n) is 3.55. The Morgan fingerprint density at radius 1 is 1.31 bits per heavy atom. The molecule has 1 aromatic carbocycles. The van der Waals surface area contributed by atoms with E-state index in [1.165, 1.54) is 11.8 Å². The summed E-state index contributed by atoms with van der Waals surface area (Å²) in [7, 11) is 0. The molecule has 8 heteroatoms. The summed E-state index contributed by atoms with van der Waals surface area (Å²) in [5, 5.41) is 21.7. The molecular formula is C18H18N4O3S. The zero-order valence-corrected chi connectivity index (χ0v) is 14.8. The quantitative estimate of drug-likeness (QED) is 0.468. The topological polar surface area (TPSA) is 93.2 Å². The minimum absolute atomic E-state index is 0.123. The normalized spacial score (nSPS) is 10.6. The van der Waals surface area contributed by atoms with Crippen LogP contribution in [0.5, 0.6) is 5.75 Å². The fourth-order valence-electron chi connectivity index (χ4n) is 2.33. The number of hydrogen-bond acceptors (Lipinski definition) is 6. The average Bonchev–Trinajstić information content (AvgIpc) is 3.29. The van der Waals surface area contributed by atoms with Gasteiger partial charge in [0.2, 0.25) is 5.91 Å². The number of hydrogen-bond donors (Lipinski definition) is 2. The number of furan rings is 1. The van der Waals surface area contributed by atoms with Crippen molar-refractivity contribution in [2.24, 2.45) is 0 Å². The molecule has 2 N–H and O–H groups in total. The monoisotopic (exact) mass is 370 g/mol. The number of thioether (sulfide) groups is 1. The van der Waals surface area contributed by atoms with Gasteiger partial charge in [0.1, 0.15) is 11.5 Å². The lowest BCUT2D eigenvalue weighted by Crippen LogP contribution is -2.24. The molecule has 7 nitrogen and oxygen atoms in total. The second-order valence-electron chi connectivity index (χ2n) is 5.37. The van der Waals surface area contributed by atoms with Gasteiger partial charge >= 0.3 is 0 Å². The SMILES string of the molecule is C=CCn1c(SCC(=O)NCc2ccco2)nnc1-c1ccccc1O. The van der Waals surface area contributed by atoms with Crippen molar-refractivity contribution < 1.29 is 14.3 Å². The van der Waals surface area contributed by atoms with E-state index in [2.05, 4.69) is 22.1 Å². The minimum Gasteiger partial charge on any atom is -0.507 e. The van der Waals surface area contributed by atoms with Crippen molar-refractivity contribution in [2.45, 2.75) is 18.2 Å². The molecule has 0 fully saturated rings. The van der Waals surface area contributed by atoms with Crippen LogP contribution in [-0.2, 0) is 17.9 Å². The number of aromatic hydroxyl groups is 1. The van der Waals surface area contributed by atoms with Crippen molar-refractivity contribution >= 4 is 17.7 Å². The Kier molecular flexibility index (Phi) is 5.75. The third kappa shape index (κ3) is 4.15. The number of phenols is 1. The lowest BCUT2D eigenvalue weighted by molar-refractivity contribution is -0.118. The second-order valence-corrected chi connectivity index (χ2v) is 6.31. The summed E-state index contributed by atoms with van der Waals surface area (Å²) < 4.78 is 6.99. The van der Waals surface area contributed by atoms with Crippen LogP contribution in [0, 0.1) is 0 Å². The third-order valence-corrected chi connectivity index (χ3v) is 4.51. The Morgan fingerprint density at radius 3 is 2.88 bits per heavy atom. The first kappa shape index (κ1) is 17.8. The number of para-hydroxylation sites is 1. The van der Waals surface area contributed by atoms with Gasteiger partial charge in [-0.3, -0.25) is 9.36 Å². The smallest absolute Gasteiger partial charge is 0.230 e. The summed E-state index contributed by atoms with van der Waals surface area (Å²) in [6, 6.07) is 10.5. The molecule has 134 valence electrons. The highest BCUT2D eigenvalue weighted by Crippen LogP contribution is 2.30. The molecule has 3 aromatic rings. The van der Waals surface area contributed by atoms with Crippen LogP contribution in [0.4, 0.5) is 0 Å². The van der Waals surface area contributed by atoms with Gasteiger partial charge in [-0.1, -0.05) is 30.0 Å². The molecule has 3 rings (SSSR count). The number of allylic oxidation sites excluding steroid dienone is 1. The van der Waals surface area contributed by atoms with Crippen molar-refractivity contribution in [3.8, 4) is 17.1 Å². The van der Waals surface area contributed by atoms with Gasteiger partial charge in [-0.2, -0.15) is 0 Å². The molecule has 2 heterocycles. The van der Waals surface area contributed by atoms with E-state index in [9.17, 15) is 9.90 Å². The van der Waals surface area contributed by atoms with E-state index < -0.39 is 0 Å². The van der Waals surface area contributed by atoms with Crippen LogP contribution in [0.15, 0.2) is 64.9 Å². The molecule has 0 unspecified atom stereocenters. The number of rotatable bonds is 8. The van der Waals surface area contributed by atoms with Crippen molar-refractivity contribution in [1.29, 1.82) is 0 Å². The average molecular weight is 370 g/mol. The van der Waals surface area contributed by atoms with E-state index in [1.54, 1.807) is 42.7 Å². The molecule has 26 heavy (non-hydrogen) atoms. The predicted octanol–water partition coefficient (Wildman–Crippen LogP) is 2.84. The lowest BCUT2D eigenvalue weighted by atomic mass is 10.2. The summed E-state index contributed by atoms with van der Waals surface area (Å²) in [6.07, 6.45) is 3.28. The van der Waals surface area contributed by atoms with Crippen LogP contribution in [-0.4, -0.2) is 31.5 Å². The van der Waals surface area contributed by atoms with Gasteiger partial charge in [0.05, 0.1) is 24.1 Å². The van der Waals surface area contributed by atoms with Gasteiger partial charge in [0, 0.05) is 6.54 Å². The molecule has 2 aromatic heterocycles. The van der Waals surface area contributed by atoms with E-state index in [0.29, 0.717) is 35.4 Å². The van der Waals surface area contributed by atoms with Crippen molar-refractivity contribution in [1.82, 2.24) is 20.1 Å². The van der Waals surface area contributed by atoms with Crippen molar-refractivity contribution in [2.75, 3.05) is 5.75 Å². The zero-order chi connectivity index (χ0) is 18.4. The first-order chi connectivity index (χ1) is 12.7. The van der Waals surface area contributed by atoms with Crippen LogP contribution in [0.3, 0.4) is 0 Å². The summed E-state index contributed by atoms with van der Waals surface area (Å²) in [4.78, 5) is 12.0. The highest BCUT2D eigenvalue weighted by Gasteiger charge is 2.17. The maximum absolute atomic E-state index is 12.0. The Hall–Kier alpha value is -3.00. The summed E-state index contributed by atoms with van der Waals surface area (Å²) >= 11 is 1.27. The molecule has 0 saturated carbocycles. The number of phenolic OH excluding ortho intramolecular Hbond substituents is 1. The largest absolute Gasteiger partial charge is 0.507 e. The minimum atomic E-state index is -0.135. The maximum atomic E-state index is 12.0. The number of carbonyl (C=O) groups excluding carboxylic acids is 1. The van der Waals surface area contributed by atoms with Crippen LogP contribution in [0.2, 0.25) is 0 Å². The Bertz CT molecular complexity index is 890. The molecule has 0 atom stereocenters. The molecule has 0 bridgehead atoms. The van der Waals surface area contributed by atoms with Crippen LogP contribution >= 0.6 is 11.8 Å². The molecule has 1 amide bonds. The van der Waals surface area contributed by atoms with E-state index >= 15 is 0 Å². The molecule has 0 aliphatic carbocycles. The van der Waals surface area contributed by atoms with E-state index in [1.807, 2.05) is 10.6 Å². The van der Waals surface area contributed by atoms with Gasteiger partial charge in [-0.05, 0) is 24.3 Å². The second kappa shape index (κ2) is 8.39.